The molecule has 1 saturated heterocycles. The number of nitrogens with zero attached hydrogens (tertiary/aromatic N) is 1. The standard InChI is InChI=1S/C12H21N3O4/c13-10(16)8-9(11(17)18)14-12(19)15-6-4-2-1-3-5-7-15/h9H,1-8H2,(H2,13,16)(H,14,19)(H,17,18). The molecule has 7 nitrogen and oxygen atoms in total. The van der Waals surface area contributed by atoms with Gasteiger partial charge in [-0.25, -0.2) is 9.59 Å². The first-order valence-electron chi connectivity index (χ1n) is 6.57. The zero-order valence-corrected chi connectivity index (χ0v) is 10.9. The van der Waals surface area contributed by atoms with Crippen molar-refractivity contribution in [3.63, 3.8) is 0 Å². The lowest BCUT2D eigenvalue weighted by Gasteiger charge is -2.26. The maximum absolute atomic E-state index is 12.0. The normalized spacial score (nSPS) is 18.0. The molecular weight excluding hydrogens is 250 g/mol. The number of aliphatic carboxylic acids is 1. The van der Waals surface area contributed by atoms with Gasteiger partial charge in [0, 0.05) is 13.1 Å². The summed E-state index contributed by atoms with van der Waals surface area (Å²) in [6.45, 7) is 1.24. The van der Waals surface area contributed by atoms with E-state index in [0.717, 1.165) is 25.7 Å². The fraction of sp³-hybridized carbons (Fsp3) is 0.750. The van der Waals surface area contributed by atoms with Gasteiger partial charge >= 0.3 is 12.0 Å². The molecule has 0 aromatic heterocycles. The third-order valence-corrected chi connectivity index (χ3v) is 3.14. The third kappa shape index (κ3) is 5.58. The van der Waals surface area contributed by atoms with Crippen molar-refractivity contribution < 1.29 is 19.5 Å². The third-order valence-electron chi connectivity index (χ3n) is 3.14. The van der Waals surface area contributed by atoms with Crippen LogP contribution in [0.15, 0.2) is 0 Å². The molecule has 1 aliphatic rings. The second-order valence-electron chi connectivity index (χ2n) is 4.77. The lowest BCUT2D eigenvalue weighted by atomic mass is 10.1. The molecule has 3 amide bonds. The Morgan fingerprint density at radius 2 is 1.63 bits per heavy atom. The van der Waals surface area contributed by atoms with E-state index in [1.165, 1.54) is 6.42 Å². The molecule has 1 fully saturated rings. The lowest BCUT2D eigenvalue weighted by Crippen LogP contribution is -2.49. The Balaban J connectivity index is 2.53. The van der Waals surface area contributed by atoms with Gasteiger partial charge < -0.3 is 21.1 Å². The SMILES string of the molecule is NC(=O)CC(NC(=O)N1CCCCCCC1)C(=O)O. The maximum atomic E-state index is 12.0. The monoisotopic (exact) mass is 271 g/mol. The molecule has 0 aromatic rings. The predicted molar refractivity (Wildman–Crippen MR) is 68.4 cm³/mol. The van der Waals surface area contributed by atoms with Crippen molar-refractivity contribution in [2.75, 3.05) is 13.1 Å². The van der Waals surface area contributed by atoms with E-state index in [-0.39, 0.29) is 0 Å². The first kappa shape index (κ1) is 15.3. The second-order valence-corrected chi connectivity index (χ2v) is 4.77. The van der Waals surface area contributed by atoms with Crippen LogP contribution >= 0.6 is 0 Å². The minimum atomic E-state index is -1.25. The van der Waals surface area contributed by atoms with Crippen molar-refractivity contribution in [1.29, 1.82) is 0 Å². The van der Waals surface area contributed by atoms with Gasteiger partial charge in [-0.05, 0) is 12.8 Å². The number of carbonyl (C=O) groups is 3. The van der Waals surface area contributed by atoms with E-state index in [1.807, 2.05) is 0 Å². The molecule has 1 heterocycles. The van der Waals surface area contributed by atoms with E-state index in [2.05, 4.69) is 5.32 Å². The molecule has 19 heavy (non-hydrogen) atoms. The highest BCUT2D eigenvalue weighted by Gasteiger charge is 2.24. The average Bonchev–Trinajstić information content (AvgIpc) is 2.26. The number of primary amides is 1. The summed E-state index contributed by atoms with van der Waals surface area (Å²) in [4.78, 5) is 35.3. The molecule has 0 aliphatic carbocycles. The molecular formula is C12H21N3O4. The van der Waals surface area contributed by atoms with Crippen LogP contribution < -0.4 is 11.1 Å². The number of nitrogens with one attached hydrogen (secondary N) is 1. The Morgan fingerprint density at radius 1 is 1.11 bits per heavy atom. The number of carboxylic acids is 1. The Labute approximate surface area is 112 Å². The fourth-order valence-corrected chi connectivity index (χ4v) is 2.09. The summed E-state index contributed by atoms with van der Waals surface area (Å²) in [5.74, 6) is -2.00. The number of nitrogens with two attached hydrogens (primary N) is 1. The minimum absolute atomic E-state index is 0.394. The molecule has 1 unspecified atom stereocenters. The summed E-state index contributed by atoms with van der Waals surface area (Å²) in [5.41, 5.74) is 4.96. The highest BCUT2D eigenvalue weighted by Crippen LogP contribution is 2.10. The maximum Gasteiger partial charge on any atom is 0.326 e. The van der Waals surface area contributed by atoms with Crippen molar-refractivity contribution in [3.05, 3.63) is 0 Å². The Bertz CT molecular complexity index is 338. The number of hydrogen-bond acceptors (Lipinski definition) is 3. The summed E-state index contributed by atoms with van der Waals surface area (Å²) in [7, 11) is 0. The number of hydrogen-bond donors (Lipinski definition) is 3. The van der Waals surface area contributed by atoms with Crippen molar-refractivity contribution in [3.8, 4) is 0 Å². The van der Waals surface area contributed by atoms with E-state index < -0.39 is 30.4 Å². The van der Waals surface area contributed by atoms with Crippen LogP contribution in [0.1, 0.15) is 38.5 Å². The smallest absolute Gasteiger partial charge is 0.326 e. The van der Waals surface area contributed by atoms with Crippen molar-refractivity contribution in [2.45, 2.75) is 44.6 Å². The van der Waals surface area contributed by atoms with E-state index in [1.54, 1.807) is 4.90 Å². The van der Waals surface area contributed by atoms with Gasteiger partial charge in [0.25, 0.3) is 0 Å². The molecule has 1 atom stereocenters. The highest BCUT2D eigenvalue weighted by molar-refractivity contribution is 5.87. The van der Waals surface area contributed by atoms with Crippen LogP contribution in [0.3, 0.4) is 0 Å². The van der Waals surface area contributed by atoms with Gasteiger partial charge in [-0.1, -0.05) is 19.3 Å². The van der Waals surface area contributed by atoms with Gasteiger partial charge in [-0.3, -0.25) is 4.79 Å². The summed E-state index contributed by atoms with van der Waals surface area (Å²) >= 11 is 0. The molecule has 1 aliphatic heterocycles. The van der Waals surface area contributed by atoms with Crippen molar-refractivity contribution >= 4 is 17.9 Å². The molecule has 108 valence electrons. The largest absolute Gasteiger partial charge is 0.480 e. The van der Waals surface area contributed by atoms with Gasteiger partial charge in [0.2, 0.25) is 5.91 Å². The Kier molecular flexibility index (Phi) is 6.11. The summed E-state index contributed by atoms with van der Waals surface area (Å²) < 4.78 is 0. The molecule has 0 bridgehead atoms. The van der Waals surface area contributed by atoms with Crippen LogP contribution in [0.25, 0.3) is 0 Å². The van der Waals surface area contributed by atoms with E-state index in [4.69, 9.17) is 10.8 Å². The number of carbonyl (C=O) groups excluding carboxylic acids is 2. The Hall–Kier alpha value is -1.79. The number of rotatable bonds is 4. The van der Waals surface area contributed by atoms with Crippen LogP contribution in [0, 0.1) is 0 Å². The zero-order chi connectivity index (χ0) is 14.3. The number of amides is 3. The highest BCUT2D eigenvalue weighted by atomic mass is 16.4. The van der Waals surface area contributed by atoms with Gasteiger partial charge in [-0.15, -0.1) is 0 Å². The molecule has 1 rings (SSSR count). The first-order valence-corrected chi connectivity index (χ1v) is 6.57. The summed E-state index contributed by atoms with van der Waals surface area (Å²) in [5, 5.41) is 11.3. The molecule has 0 radical (unpaired) electrons. The number of urea groups is 1. The van der Waals surface area contributed by atoms with Gasteiger partial charge in [0.05, 0.1) is 6.42 Å². The molecule has 4 N–H and O–H groups in total. The second kappa shape index (κ2) is 7.60. The van der Waals surface area contributed by atoms with Gasteiger partial charge in [0.1, 0.15) is 6.04 Å². The Morgan fingerprint density at radius 3 is 2.11 bits per heavy atom. The number of likely N-dealkylation sites (tertiary alicyclic amines) is 1. The van der Waals surface area contributed by atoms with Crippen LogP contribution in [0.4, 0.5) is 4.79 Å². The topological polar surface area (TPSA) is 113 Å². The van der Waals surface area contributed by atoms with Crippen LogP contribution in [-0.4, -0.2) is 47.0 Å². The summed E-state index contributed by atoms with van der Waals surface area (Å²) in [6, 6.07) is -1.69. The molecule has 0 saturated carbocycles. The zero-order valence-electron chi connectivity index (χ0n) is 10.9. The molecule has 7 heteroatoms. The van der Waals surface area contributed by atoms with Crippen LogP contribution in [0.2, 0.25) is 0 Å². The predicted octanol–water partition coefficient (Wildman–Crippen LogP) is 0.291. The average molecular weight is 271 g/mol. The van der Waals surface area contributed by atoms with Gasteiger partial charge in [0.15, 0.2) is 0 Å². The summed E-state index contributed by atoms with van der Waals surface area (Å²) in [6.07, 6.45) is 4.77. The van der Waals surface area contributed by atoms with E-state index >= 15 is 0 Å². The van der Waals surface area contributed by atoms with Crippen LogP contribution in [0.5, 0.6) is 0 Å². The fourth-order valence-electron chi connectivity index (χ4n) is 2.09. The van der Waals surface area contributed by atoms with Crippen molar-refractivity contribution in [1.82, 2.24) is 10.2 Å². The quantitative estimate of drug-likeness (QED) is 0.682. The first-order chi connectivity index (χ1) is 9.00. The lowest BCUT2D eigenvalue weighted by molar-refractivity contribution is -0.140. The van der Waals surface area contributed by atoms with Crippen molar-refractivity contribution in [2.24, 2.45) is 5.73 Å². The van der Waals surface area contributed by atoms with Gasteiger partial charge in [-0.2, -0.15) is 0 Å². The number of carboxylic acid groups (broad SMARTS) is 1. The van der Waals surface area contributed by atoms with E-state index in [0.29, 0.717) is 13.1 Å². The van der Waals surface area contributed by atoms with E-state index in [9.17, 15) is 14.4 Å². The van der Waals surface area contributed by atoms with Crippen LogP contribution in [-0.2, 0) is 9.59 Å². The minimum Gasteiger partial charge on any atom is -0.480 e. The molecule has 0 aromatic carbocycles. The molecule has 0 spiro atoms.